The topological polar surface area (TPSA) is 103 Å². The molecule has 5 aromatic rings. The molecule has 1 aliphatic rings. The second-order valence-electron chi connectivity index (χ2n) is 9.10. The fourth-order valence-corrected chi connectivity index (χ4v) is 7.51. The average Bonchev–Trinajstić information content (AvgIpc) is 3.55. The van der Waals surface area contributed by atoms with Gasteiger partial charge in [0.05, 0.1) is 17.7 Å². The minimum atomic E-state index is -4.31. The highest BCUT2D eigenvalue weighted by Crippen LogP contribution is 2.41. The van der Waals surface area contributed by atoms with Crippen LogP contribution in [0.3, 0.4) is 0 Å². The summed E-state index contributed by atoms with van der Waals surface area (Å²) in [4.78, 5) is 16.1. The second kappa shape index (κ2) is 9.82. The first-order chi connectivity index (χ1) is 19.3. The summed E-state index contributed by atoms with van der Waals surface area (Å²) >= 11 is 0. The Balaban J connectivity index is 1.67. The van der Waals surface area contributed by atoms with E-state index in [1.54, 1.807) is 89.8 Å². The van der Waals surface area contributed by atoms with Crippen LogP contribution in [0.1, 0.15) is 16.1 Å². The van der Waals surface area contributed by atoms with Crippen LogP contribution < -0.4 is 9.64 Å². The Labute approximate surface area is 232 Å². The number of aromatic nitrogens is 1. The van der Waals surface area contributed by atoms with E-state index in [1.807, 2.05) is 6.07 Å². The highest BCUT2D eigenvalue weighted by atomic mass is 32.2. The Morgan fingerprint density at radius 1 is 0.825 bits per heavy atom. The Morgan fingerprint density at radius 2 is 1.48 bits per heavy atom. The molecule has 10 heteroatoms. The van der Waals surface area contributed by atoms with E-state index in [4.69, 9.17) is 4.74 Å². The van der Waals surface area contributed by atoms with E-state index in [0.717, 1.165) is 3.97 Å². The number of ketones is 1. The molecule has 40 heavy (non-hydrogen) atoms. The molecule has 2 heterocycles. The van der Waals surface area contributed by atoms with Crippen molar-refractivity contribution >= 4 is 53.2 Å². The normalized spacial score (nSPS) is 14.8. The molecule has 8 nitrogen and oxygen atoms in total. The molecule has 1 unspecified atom stereocenters. The zero-order valence-corrected chi connectivity index (χ0v) is 22.8. The molecule has 0 bridgehead atoms. The molecule has 4 aromatic carbocycles. The van der Waals surface area contributed by atoms with Crippen molar-refractivity contribution in [2.75, 3.05) is 12.0 Å². The zero-order chi connectivity index (χ0) is 28.0. The number of carbonyl (C=O) groups excluding carboxylic acids is 1. The van der Waals surface area contributed by atoms with Crippen molar-refractivity contribution in [3.05, 3.63) is 120 Å². The highest BCUT2D eigenvalue weighted by molar-refractivity contribution is 7.90. The van der Waals surface area contributed by atoms with Crippen molar-refractivity contribution in [3.63, 3.8) is 0 Å². The molecule has 6 rings (SSSR count). The van der Waals surface area contributed by atoms with E-state index < -0.39 is 32.1 Å². The number of nitrogens with zero attached hydrogens (tertiary/aromatic N) is 2. The smallest absolute Gasteiger partial charge is 0.268 e. The lowest BCUT2D eigenvalue weighted by atomic mass is 10.0. The summed E-state index contributed by atoms with van der Waals surface area (Å²) in [6.07, 6.45) is 0. The van der Waals surface area contributed by atoms with Gasteiger partial charge in [0.15, 0.2) is 0 Å². The molecule has 0 spiro atoms. The Morgan fingerprint density at radius 3 is 2.15 bits per heavy atom. The average molecular weight is 571 g/mol. The predicted molar refractivity (Wildman–Crippen MR) is 154 cm³/mol. The van der Waals surface area contributed by atoms with E-state index in [0.29, 0.717) is 22.3 Å². The fourth-order valence-electron chi connectivity index (χ4n) is 5.21. The maximum Gasteiger partial charge on any atom is 0.268 e. The third-order valence-electron chi connectivity index (χ3n) is 6.90. The van der Waals surface area contributed by atoms with Gasteiger partial charge < -0.3 is 9.64 Å². The van der Waals surface area contributed by atoms with Gasteiger partial charge in [-0.2, -0.15) is 8.42 Å². The first-order valence-corrected chi connectivity index (χ1v) is 14.8. The van der Waals surface area contributed by atoms with E-state index in [-0.39, 0.29) is 26.7 Å². The molecule has 1 aromatic heterocycles. The monoisotopic (exact) mass is 570 g/mol. The van der Waals surface area contributed by atoms with Gasteiger partial charge in [-0.15, -0.1) is 0 Å². The van der Waals surface area contributed by atoms with Crippen LogP contribution >= 0.6 is 0 Å². The van der Waals surface area contributed by atoms with Crippen molar-refractivity contribution in [3.8, 4) is 5.75 Å². The third kappa shape index (κ3) is 3.92. The van der Waals surface area contributed by atoms with E-state index in [2.05, 4.69) is 0 Å². The van der Waals surface area contributed by atoms with Gasteiger partial charge in [-0.1, -0.05) is 66.7 Å². The van der Waals surface area contributed by atoms with Crippen LogP contribution in [-0.4, -0.2) is 44.6 Å². The molecule has 0 N–H and O–H groups in total. The maximum absolute atomic E-state index is 14.6. The summed E-state index contributed by atoms with van der Waals surface area (Å²) in [5, 5.41) is 0.453. The van der Waals surface area contributed by atoms with E-state index in [9.17, 15) is 21.6 Å². The molecular formula is C30H22N2O6S2. The number of carbonyl (C=O) groups is 1. The molecule has 0 radical (unpaired) electrons. The lowest BCUT2D eigenvalue weighted by Gasteiger charge is -2.26. The van der Waals surface area contributed by atoms with Gasteiger partial charge in [0.2, 0.25) is 16.1 Å². The number of hydrogen-bond acceptors (Lipinski definition) is 7. The molecule has 200 valence electrons. The van der Waals surface area contributed by atoms with Crippen LogP contribution in [0.15, 0.2) is 114 Å². The molecule has 0 saturated carbocycles. The van der Waals surface area contributed by atoms with Crippen LogP contribution in [-0.2, 0) is 20.3 Å². The fraction of sp³-hybridized carbons (Fsp3) is 0.0667. The van der Waals surface area contributed by atoms with Gasteiger partial charge in [-0.3, -0.25) is 4.79 Å². The van der Waals surface area contributed by atoms with Gasteiger partial charge in [0.1, 0.15) is 27.9 Å². The van der Waals surface area contributed by atoms with Crippen molar-refractivity contribution in [2.45, 2.75) is 10.9 Å². The molecular weight excluding hydrogens is 548 g/mol. The van der Waals surface area contributed by atoms with Crippen LogP contribution in [0.25, 0.3) is 10.9 Å². The number of benzene rings is 4. The molecule has 0 fully saturated rings. The molecule has 1 aliphatic heterocycles. The molecule has 1 atom stereocenters. The quantitative estimate of drug-likeness (QED) is 0.216. The molecule has 0 saturated heterocycles. The summed E-state index contributed by atoms with van der Waals surface area (Å²) < 4.78 is 60.1. The van der Waals surface area contributed by atoms with Gasteiger partial charge in [0, 0.05) is 16.6 Å². The summed E-state index contributed by atoms with van der Waals surface area (Å²) in [7, 11) is -5.68. The lowest BCUT2D eigenvalue weighted by Crippen LogP contribution is -2.41. The van der Waals surface area contributed by atoms with Crippen LogP contribution in [0, 0.1) is 0 Å². The largest absolute Gasteiger partial charge is 0.495 e. The van der Waals surface area contributed by atoms with Crippen molar-refractivity contribution < 1.29 is 26.4 Å². The third-order valence-corrected chi connectivity index (χ3v) is 9.43. The predicted octanol–water partition coefficient (Wildman–Crippen LogP) is 4.69. The molecule has 0 aliphatic carbocycles. The summed E-state index contributed by atoms with van der Waals surface area (Å²) in [6, 6.07) is 28.6. The van der Waals surface area contributed by atoms with E-state index >= 15 is 0 Å². The minimum absolute atomic E-state index is 0.0290. The Kier molecular flexibility index (Phi) is 6.28. The van der Waals surface area contributed by atoms with Crippen molar-refractivity contribution in [2.24, 2.45) is 0 Å². The van der Waals surface area contributed by atoms with Gasteiger partial charge in [0.25, 0.3) is 10.0 Å². The number of fused-ring (bicyclic) bond motifs is 2. The number of rotatable bonds is 6. The number of anilines is 2. The van der Waals surface area contributed by atoms with Gasteiger partial charge in [-0.25, -0.2) is 12.4 Å². The molecule has 0 amide bonds. The van der Waals surface area contributed by atoms with Crippen molar-refractivity contribution in [1.29, 1.82) is 0 Å². The SMILES string of the molecule is COc1cccc2cc(C(=O)C3C(=S(=O)=O)c4ccccc4N3c3ccccc3)n(S(=O)(=O)c3ccccc3)c12. The maximum atomic E-state index is 14.6. The van der Waals surface area contributed by atoms with E-state index in [1.165, 1.54) is 25.3 Å². The number of para-hydroxylation sites is 3. The first-order valence-electron chi connectivity index (χ1n) is 12.3. The van der Waals surface area contributed by atoms with Crippen LogP contribution in [0.4, 0.5) is 11.4 Å². The number of methoxy groups -OCH3 is 1. The van der Waals surface area contributed by atoms with Gasteiger partial charge >= 0.3 is 0 Å². The second-order valence-corrected chi connectivity index (χ2v) is 11.8. The number of ether oxygens (including phenoxy) is 1. The summed E-state index contributed by atoms with van der Waals surface area (Å²) in [6.45, 7) is 0. The summed E-state index contributed by atoms with van der Waals surface area (Å²) in [5.41, 5.74) is 1.48. The van der Waals surface area contributed by atoms with Crippen molar-refractivity contribution in [1.82, 2.24) is 3.97 Å². The minimum Gasteiger partial charge on any atom is -0.495 e. The Bertz CT molecular complexity index is 2030. The standard InChI is InChI=1S/C30H22N2O6S2/c1-38-26-18-10-11-20-19-25(32(27(20)26)40(36,37)22-14-6-3-7-15-22)29(33)28-30(39(34)35)23-16-8-9-17-24(23)31(28)21-12-4-2-5-13-21/h2-19,28H,1H3. The number of hydrogen-bond donors (Lipinski definition) is 0. The Hall–Kier alpha value is -4.67. The lowest BCUT2D eigenvalue weighted by molar-refractivity contribution is 0.0980. The van der Waals surface area contributed by atoms with Crippen LogP contribution in [0.2, 0.25) is 0 Å². The number of Topliss-reactive ketones (excluding diaryl/α,β-unsaturated/α-hetero) is 1. The first kappa shape index (κ1) is 25.6. The summed E-state index contributed by atoms with van der Waals surface area (Å²) in [5.74, 6) is -0.445. The van der Waals surface area contributed by atoms with Gasteiger partial charge in [-0.05, 0) is 42.5 Å². The highest BCUT2D eigenvalue weighted by Gasteiger charge is 2.44. The van der Waals surface area contributed by atoms with Crippen LogP contribution in [0.5, 0.6) is 5.75 Å². The zero-order valence-electron chi connectivity index (χ0n) is 21.1.